The third-order valence-electron chi connectivity index (χ3n) is 2.25. The molecule has 0 radical (unpaired) electrons. The van der Waals surface area contributed by atoms with Crippen molar-refractivity contribution < 1.29 is 4.57 Å². The van der Waals surface area contributed by atoms with Gasteiger partial charge in [-0.2, -0.15) is 5.26 Å². The molecular weight excluding hydrogens is 250 g/mol. The van der Waals surface area contributed by atoms with Crippen LogP contribution in [0.2, 0.25) is 0 Å². The van der Waals surface area contributed by atoms with E-state index in [0.29, 0.717) is 5.75 Å². The molecule has 0 aliphatic carbocycles. The molecule has 0 saturated carbocycles. The van der Waals surface area contributed by atoms with Gasteiger partial charge in [0.25, 0.3) is 0 Å². The van der Waals surface area contributed by atoms with Crippen LogP contribution in [0.3, 0.4) is 0 Å². The van der Waals surface area contributed by atoms with Gasteiger partial charge in [-0.3, -0.25) is 0 Å². The molecule has 1 rings (SSSR count). The Morgan fingerprint density at radius 3 is 3.06 bits per heavy atom. The standard InChI is InChI=1S/C12H16N3S2/c1-3-7-15-8-4-5-11(10-15)14(2)12(16)17-9-6-13/h4-5,8,10H,3,7,9H2,1-2H3/q+1. The molecule has 1 aromatic heterocycles. The van der Waals surface area contributed by atoms with E-state index in [-0.39, 0.29) is 0 Å². The van der Waals surface area contributed by atoms with Crippen molar-refractivity contribution in [2.75, 3.05) is 17.7 Å². The maximum absolute atomic E-state index is 8.53. The quantitative estimate of drug-likeness (QED) is 0.618. The second-order valence-electron chi connectivity index (χ2n) is 3.57. The minimum atomic E-state index is 0.394. The van der Waals surface area contributed by atoms with Crippen molar-refractivity contribution in [1.82, 2.24) is 0 Å². The van der Waals surface area contributed by atoms with Crippen molar-refractivity contribution >= 4 is 34.0 Å². The molecule has 5 heteroatoms. The van der Waals surface area contributed by atoms with Gasteiger partial charge in [-0.25, -0.2) is 4.57 Å². The van der Waals surface area contributed by atoms with E-state index in [1.165, 1.54) is 11.8 Å². The first-order chi connectivity index (χ1) is 8.19. The lowest BCUT2D eigenvalue weighted by atomic mass is 10.3. The molecule has 1 aromatic rings. The molecule has 0 saturated heterocycles. The van der Waals surface area contributed by atoms with Gasteiger partial charge in [-0.05, 0) is 6.07 Å². The van der Waals surface area contributed by atoms with Crippen molar-refractivity contribution in [2.45, 2.75) is 19.9 Å². The van der Waals surface area contributed by atoms with Gasteiger partial charge < -0.3 is 4.90 Å². The van der Waals surface area contributed by atoms with Crippen LogP contribution in [-0.2, 0) is 6.54 Å². The van der Waals surface area contributed by atoms with Crippen LogP contribution in [0.5, 0.6) is 0 Å². The predicted octanol–water partition coefficient (Wildman–Crippen LogP) is 2.36. The molecule has 0 fully saturated rings. The van der Waals surface area contributed by atoms with E-state index in [9.17, 15) is 0 Å². The first-order valence-corrected chi connectivity index (χ1v) is 6.85. The second-order valence-corrected chi connectivity index (χ2v) is 5.18. The largest absolute Gasteiger partial charge is 0.325 e. The molecule has 17 heavy (non-hydrogen) atoms. The summed E-state index contributed by atoms with van der Waals surface area (Å²) in [4.78, 5) is 1.93. The third-order valence-corrected chi connectivity index (χ3v) is 3.67. The topological polar surface area (TPSA) is 30.9 Å². The molecule has 1 heterocycles. The van der Waals surface area contributed by atoms with Crippen LogP contribution in [0.1, 0.15) is 13.3 Å². The molecule has 0 bridgehead atoms. The molecule has 0 aliphatic rings. The van der Waals surface area contributed by atoms with Gasteiger partial charge >= 0.3 is 0 Å². The first kappa shape index (κ1) is 13.9. The van der Waals surface area contributed by atoms with E-state index < -0.39 is 0 Å². The Morgan fingerprint density at radius 2 is 2.41 bits per heavy atom. The van der Waals surface area contributed by atoms with Crippen molar-refractivity contribution in [3.8, 4) is 6.07 Å². The lowest BCUT2D eigenvalue weighted by molar-refractivity contribution is -0.696. The minimum Gasteiger partial charge on any atom is -0.325 e. The molecule has 3 nitrogen and oxygen atoms in total. The van der Waals surface area contributed by atoms with Crippen molar-refractivity contribution in [2.24, 2.45) is 0 Å². The van der Waals surface area contributed by atoms with Crippen molar-refractivity contribution in [3.63, 3.8) is 0 Å². The fourth-order valence-corrected chi connectivity index (χ4v) is 2.17. The summed E-state index contributed by atoms with van der Waals surface area (Å²) in [6.07, 6.45) is 5.22. The van der Waals surface area contributed by atoms with Crippen LogP contribution in [0.25, 0.3) is 0 Å². The normalized spacial score (nSPS) is 9.71. The average Bonchev–Trinajstić information content (AvgIpc) is 2.35. The molecule has 0 aliphatic heterocycles. The van der Waals surface area contributed by atoms with E-state index in [1.807, 2.05) is 30.3 Å². The summed E-state index contributed by atoms with van der Waals surface area (Å²) in [7, 11) is 1.93. The number of rotatable bonds is 4. The number of aromatic nitrogens is 1. The summed E-state index contributed by atoms with van der Waals surface area (Å²) < 4.78 is 2.87. The summed E-state index contributed by atoms with van der Waals surface area (Å²) in [6, 6.07) is 6.11. The monoisotopic (exact) mass is 266 g/mol. The number of pyridine rings is 1. The molecule has 0 unspecified atom stereocenters. The van der Waals surface area contributed by atoms with E-state index in [4.69, 9.17) is 17.5 Å². The second kappa shape index (κ2) is 7.25. The van der Waals surface area contributed by atoms with Gasteiger partial charge in [-0.1, -0.05) is 30.9 Å². The lowest BCUT2D eigenvalue weighted by Crippen LogP contribution is -2.34. The highest BCUT2D eigenvalue weighted by molar-refractivity contribution is 8.23. The number of nitriles is 1. The maximum atomic E-state index is 8.53. The SMILES string of the molecule is CCC[n+]1cccc(N(C)C(=S)SCC#N)c1. The highest BCUT2D eigenvalue weighted by atomic mass is 32.2. The van der Waals surface area contributed by atoms with Gasteiger partial charge in [0, 0.05) is 19.5 Å². The van der Waals surface area contributed by atoms with E-state index in [2.05, 4.69) is 23.8 Å². The average molecular weight is 266 g/mol. The summed E-state index contributed by atoms with van der Waals surface area (Å²) >= 11 is 6.65. The van der Waals surface area contributed by atoms with Gasteiger partial charge in [0.15, 0.2) is 12.4 Å². The zero-order valence-electron chi connectivity index (χ0n) is 10.1. The third kappa shape index (κ3) is 4.33. The zero-order valence-corrected chi connectivity index (χ0v) is 11.7. The molecule has 0 N–H and O–H groups in total. The summed E-state index contributed by atoms with van der Waals surface area (Å²) in [5, 5.41) is 8.53. The van der Waals surface area contributed by atoms with Gasteiger partial charge in [-0.15, -0.1) is 0 Å². The zero-order chi connectivity index (χ0) is 12.7. The Balaban J connectivity index is 2.74. The Hall–Kier alpha value is -1.12. The lowest BCUT2D eigenvalue weighted by Gasteiger charge is -2.17. The van der Waals surface area contributed by atoms with Gasteiger partial charge in [0.1, 0.15) is 16.6 Å². The molecule has 0 spiro atoms. The fourth-order valence-electron chi connectivity index (χ4n) is 1.40. The van der Waals surface area contributed by atoms with Crippen LogP contribution in [0.15, 0.2) is 24.5 Å². The summed E-state index contributed by atoms with van der Waals surface area (Å²) in [5.74, 6) is 0.394. The molecule has 90 valence electrons. The molecular formula is C12H16N3S2+. The summed E-state index contributed by atoms with van der Waals surface area (Å²) in [6.45, 7) is 3.15. The maximum Gasteiger partial charge on any atom is 0.192 e. The van der Waals surface area contributed by atoms with Crippen LogP contribution in [-0.4, -0.2) is 17.1 Å². The van der Waals surface area contributed by atoms with Crippen molar-refractivity contribution in [3.05, 3.63) is 24.5 Å². The Labute approximate surface area is 112 Å². The smallest absolute Gasteiger partial charge is 0.192 e. The number of hydrogen-bond donors (Lipinski definition) is 0. The number of anilines is 1. The van der Waals surface area contributed by atoms with E-state index in [0.717, 1.165) is 23.0 Å². The Bertz CT molecular complexity index is 426. The molecule has 0 atom stereocenters. The Kier molecular flexibility index (Phi) is 5.95. The predicted molar refractivity (Wildman–Crippen MR) is 76.0 cm³/mol. The van der Waals surface area contributed by atoms with Gasteiger partial charge in [0.05, 0.1) is 11.8 Å². The van der Waals surface area contributed by atoms with Crippen molar-refractivity contribution in [1.29, 1.82) is 5.26 Å². The summed E-state index contributed by atoms with van der Waals surface area (Å²) in [5.41, 5.74) is 1.05. The van der Waals surface area contributed by atoms with Crippen LogP contribution >= 0.6 is 24.0 Å². The van der Waals surface area contributed by atoms with E-state index in [1.54, 1.807) is 0 Å². The minimum absolute atomic E-state index is 0.394. The number of nitrogens with zero attached hydrogens (tertiary/aromatic N) is 3. The highest BCUT2D eigenvalue weighted by Crippen LogP contribution is 2.15. The first-order valence-electron chi connectivity index (χ1n) is 5.45. The fraction of sp³-hybridized carbons (Fsp3) is 0.417. The van der Waals surface area contributed by atoms with Gasteiger partial charge in [0.2, 0.25) is 0 Å². The molecule has 0 amide bonds. The van der Waals surface area contributed by atoms with E-state index >= 15 is 0 Å². The number of hydrogen-bond acceptors (Lipinski definition) is 3. The highest BCUT2D eigenvalue weighted by Gasteiger charge is 2.10. The van der Waals surface area contributed by atoms with Crippen LogP contribution in [0.4, 0.5) is 5.69 Å². The van der Waals surface area contributed by atoms with Crippen LogP contribution in [0, 0.1) is 11.3 Å². The number of aryl methyl sites for hydroxylation is 1. The number of thioether (sulfide) groups is 1. The molecule has 0 aromatic carbocycles. The number of thiocarbonyl (C=S) groups is 1. The Morgan fingerprint density at radius 1 is 1.65 bits per heavy atom. The van der Waals surface area contributed by atoms with Crippen LogP contribution < -0.4 is 9.47 Å².